The average molecular weight is 527 g/mol. The van der Waals surface area contributed by atoms with Crippen molar-refractivity contribution >= 4 is 0 Å². The Kier molecular flexibility index (Phi) is 5.97. The highest BCUT2D eigenvalue weighted by Crippen LogP contribution is 2.47. The predicted molar refractivity (Wildman–Crippen MR) is 163 cm³/mol. The Labute approximate surface area is 240 Å². The third-order valence-corrected chi connectivity index (χ3v) is 11.3. The quantitative estimate of drug-likeness (QED) is 0.190. The molecular weight excluding hydrogens is 484 g/mol. The maximum Gasteiger partial charge on any atom is 0.141 e. The van der Waals surface area contributed by atoms with Crippen molar-refractivity contribution in [3.63, 3.8) is 0 Å². The van der Waals surface area contributed by atoms with Gasteiger partial charge in [0.15, 0.2) is 0 Å². The first-order chi connectivity index (χ1) is 19.8. The summed E-state index contributed by atoms with van der Waals surface area (Å²) in [5.41, 5.74) is 12.7. The molecule has 0 unspecified atom stereocenters. The van der Waals surface area contributed by atoms with E-state index in [1.54, 1.807) is 44.5 Å². The maximum absolute atomic E-state index is 2.44. The summed E-state index contributed by atoms with van der Waals surface area (Å²) in [7, 11) is 0. The average Bonchev–Trinajstić information content (AvgIpc) is 3.02. The molecule has 40 heavy (non-hydrogen) atoms. The van der Waals surface area contributed by atoms with Gasteiger partial charge in [-0.1, -0.05) is 97.1 Å². The minimum atomic E-state index is 0.512. The molecule has 4 aliphatic rings. The highest BCUT2D eigenvalue weighted by atomic mass is 15.4. The number of quaternary nitrogens is 2. The molecule has 8 rings (SSSR count). The molecule has 0 N–H and O–H groups in total. The highest BCUT2D eigenvalue weighted by molar-refractivity contribution is 5.43. The van der Waals surface area contributed by atoms with Crippen molar-refractivity contribution in [2.24, 2.45) is 0 Å². The lowest BCUT2D eigenvalue weighted by molar-refractivity contribution is -0.961. The lowest BCUT2D eigenvalue weighted by Gasteiger charge is -2.53. The molecule has 2 nitrogen and oxygen atoms in total. The van der Waals surface area contributed by atoms with Crippen LogP contribution in [-0.4, -0.2) is 48.2 Å². The Morgan fingerprint density at radius 2 is 0.675 bits per heavy atom. The minimum absolute atomic E-state index is 0.512. The zero-order valence-corrected chi connectivity index (χ0v) is 23.8. The molecule has 4 heterocycles. The second-order valence-electron chi connectivity index (χ2n) is 13.1. The van der Waals surface area contributed by atoms with Gasteiger partial charge in [-0.05, 0) is 22.3 Å². The molecule has 4 aromatic carbocycles. The van der Waals surface area contributed by atoms with Crippen LogP contribution in [0.15, 0.2) is 97.1 Å². The van der Waals surface area contributed by atoms with Gasteiger partial charge in [0.2, 0.25) is 0 Å². The first-order valence-electron chi connectivity index (χ1n) is 15.8. The monoisotopic (exact) mass is 526 g/mol. The van der Waals surface area contributed by atoms with Crippen molar-refractivity contribution < 1.29 is 8.97 Å². The number of rotatable bonds is 5. The Morgan fingerprint density at radius 1 is 0.400 bits per heavy atom. The van der Waals surface area contributed by atoms with Gasteiger partial charge in [0, 0.05) is 60.8 Å². The summed E-state index contributed by atoms with van der Waals surface area (Å²) >= 11 is 0. The van der Waals surface area contributed by atoms with Crippen molar-refractivity contribution in [2.45, 2.75) is 50.6 Å². The summed E-state index contributed by atoms with van der Waals surface area (Å²) in [5, 5.41) is 0. The van der Waals surface area contributed by atoms with Crippen molar-refractivity contribution in [1.82, 2.24) is 0 Å². The first-order valence-corrected chi connectivity index (χ1v) is 15.8. The van der Waals surface area contributed by atoms with E-state index in [4.69, 9.17) is 0 Å². The molecule has 0 aliphatic carbocycles. The van der Waals surface area contributed by atoms with E-state index in [2.05, 4.69) is 97.1 Å². The molecule has 0 spiro atoms. The summed E-state index contributed by atoms with van der Waals surface area (Å²) in [6, 6.07) is 38.4. The van der Waals surface area contributed by atoms with E-state index in [1.807, 2.05) is 0 Å². The zero-order valence-electron chi connectivity index (χ0n) is 23.8. The Hall–Kier alpha value is -3.20. The Bertz CT molecular complexity index is 1330. The van der Waals surface area contributed by atoms with Gasteiger partial charge in [0.05, 0.1) is 39.3 Å². The fraction of sp³-hybridized carbons (Fsp3) is 0.368. The van der Waals surface area contributed by atoms with Gasteiger partial charge in [-0.15, -0.1) is 0 Å². The van der Waals surface area contributed by atoms with Gasteiger partial charge in [0.25, 0.3) is 0 Å². The van der Waals surface area contributed by atoms with Crippen molar-refractivity contribution in [2.75, 3.05) is 39.3 Å². The lowest BCUT2D eigenvalue weighted by Crippen LogP contribution is -2.59. The number of fused-ring (bicyclic) bond motifs is 10. The molecule has 0 radical (unpaired) electrons. The molecule has 0 saturated heterocycles. The smallest absolute Gasteiger partial charge is 0.141 e. The molecule has 4 aromatic rings. The van der Waals surface area contributed by atoms with Crippen LogP contribution in [0.1, 0.15) is 69.4 Å². The number of nitrogens with zero attached hydrogens (tertiary/aromatic N) is 2. The molecule has 0 amide bonds. The van der Waals surface area contributed by atoms with Crippen LogP contribution in [0.5, 0.6) is 0 Å². The molecule has 0 fully saturated rings. The van der Waals surface area contributed by atoms with E-state index in [1.165, 1.54) is 86.8 Å². The van der Waals surface area contributed by atoms with Crippen LogP contribution >= 0.6 is 0 Å². The molecule has 4 aliphatic heterocycles. The molecular formula is C38H42N2+2. The van der Waals surface area contributed by atoms with E-state index >= 15 is 0 Å². The van der Waals surface area contributed by atoms with Gasteiger partial charge in [-0.3, -0.25) is 0 Å². The third-order valence-electron chi connectivity index (χ3n) is 11.3. The second-order valence-corrected chi connectivity index (χ2v) is 13.1. The standard InChI is InChI=1S/C38H42N2/c1-5-15-33-29(11-1)19-25-39(26-20-30-12-2-6-16-34(30)37(33)39)23-9-10-24-40-27-21-31-13-3-7-17-35(31)38(40)36-18-8-4-14-32(36)22-28-40/h1-8,11-18,37-38H,9-10,19-28H2/q+2. The van der Waals surface area contributed by atoms with E-state index in [-0.39, 0.29) is 0 Å². The summed E-state index contributed by atoms with van der Waals surface area (Å²) in [4.78, 5) is 0. The fourth-order valence-corrected chi connectivity index (χ4v) is 9.30. The molecule has 0 saturated carbocycles. The molecule has 0 atom stereocenters. The maximum atomic E-state index is 2.44. The molecule has 2 heteroatoms. The van der Waals surface area contributed by atoms with Gasteiger partial charge in [-0.25, -0.2) is 0 Å². The van der Waals surface area contributed by atoms with Crippen molar-refractivity contribution in [3.8, 4) is 0 Å². The Morgan fingerprint density at radius 3 is 0.975 bits per heavy atom. The predicted octanol–water partition coefficient (Wildman–Crippen LogP) is 7.20. The van der Waals surface area contributed by atoms with Gasteiger partial charge < -0.3 is 8.97 Å². The van der Waals surface area contributed by atoms with Gasteiger partial charge in [-0.2, -0.15) is 0 Å². The molecule has 0 bridgehead atoms. The van der Waals surface area contributed by atoms with Crippen LogP contribution in [-0.2, 0) is 25.7 Å². The minimum Gasteiger partial charge on any atom is -0.313 e. The molecule has 0 aromatic heterocycles. The van der Waals surface area contributed by atoms with Crippen LogP contribution in [0.3, 0.4) is 0 Å². The first kappa shape index (κ1) is 24.6. The lowest BCUT2D eigenvalue weighted by atomic mass is 9.79. The van der Waals surface area contributed by atoms with E-state index in [9.17, 15) is 0 Å². The summed E-state index contributed by atoms with van der Waals surface area (Å²) < 4.78 is 2.53. The number of unbranched alkanes of at least 4 members (excludes halogenated alkanes) is 1. The SMILES string of the molecule is c1ccc2c(c1)CC[N+]1(CCCC[N+]34CCc5ccccc5C3c3ccccc3CC4)CCc3ccccc3C21. The summed E-state index contributed by atoms with van der Waals surface area (Å²) in [6.07, 6.45) is 7.57. The van der Waals surface area contributed by atoms with Gasteiger partial charge >= 0.3 is 0 Å². The van der Waals surface area contributed by atoms with E-state index in [0.717, 1.165) is 0 Å². The van der Waals surface area contributed by atoms with Crippen molar-refractivity contribution in [3.05, 3.63) is 142 Å². The highest BCUT2D eigenvalue weighted by Gasteiger charge is 2.48. The van der Waals surface area contributed by atoms with E-state index < -0.39 is 0 Å². The fourth-order valence-electron chi connectivity index (χ4n) is 9.30. The van der Waals surface area contributed by atoms with Crippen LogP contribution < -0.4 is 0 Å². The third kappa shape index (κ3) is 3.84. The van der Waals surface area contributed by atoms with E-state index in [0.29, 0.717) is 12.1 Å². The summed E-state index contributed by atoms with van der Waals surface area (Å²) in [5.74, 6) is 0. The number of hydrogen-bond acceptors (Lipinski definition) is 0. The van der Waals surface area contributed by atoms with Crippen LogP contribution in [0, 0.1) is 0 Å². The number of hydrogen-bond donors (Lipinski definition) is 0. The zero-order chi connectivity index (χ0) is 26.6. The Balaban J connectivity index is 1.07. The van der Waals surface area contributed by atoms with Crippen LogP contribution in [0.25, 0.3) is 0 Å². The summed E-state index contributed by atoms with van der Waals surface area (Å²) in [6.45, 7) is 7.79. The topological polar surface area (TPSA) is 0 Å². The van der Waals surface area contributed by atoms with Crippen LogP contribution in [0.2, 0.25) is 0 Å². The second kappa shape index (κ2) is 9.72. The largest absolute Gasteiger partial charge is 0.313 e. The van der Waals surface area contributed by atoms with Gasteiger partial charge in [0.1, 0.15) is 12.1 Å². The molecule has 202 valence electrons. The normalized spacial score (nSPS) is 27.8. The number of benzene rings is 4. The van der Waals surface area contributed by atoms with Crippen molar-refractivity contribution in [1.29, 1.82) is 0 Å². The van der Waals surface area contributed by atoms with Crippen LogP contribution in [0.4, 0.5) is 0 Å².